The van der Waals surface area contributed by atoms with E-state index in [1.807, 2.05) is 6.92 Å². The summed E-state index contributed by atoms with van der Waals surface area (Å²) in [5, 5.41) is 2.84. The maximum atomic E-state index is 13.6. The number of hydrogen-bond acceptors (Lipinski definition) is 3. The van der Waals surface area contributed by atoms with Crippen molar-refractivity contribution >= 4 is 41.8 Å². The van der Waals surface area contributed by atoms with E-state index in [9.17, 15) is 13.6 Å². The summed E-state index contributed by atoms with van der Waals surface area (Å²) in [6.45, 7) is 0.834. The minimum absolute atomic E-state index is 0. The molecule has 27 heavy (non-hydrogen) atoms. The lowest BCUT2D eigenvalue weighted by Gasteiger charge is -2.37. The fraction of sp³-hybridized carbons (Fsp3) is 0.556. The van der Waals surface area contributed by atoms with Crippen LogP contribution in [0.15, 0.2) is 24.3 Å². The predicted molar refractivity (Wildman–Crippen MR) is 107 cm³/mol. The highest BCUT2D eigenvalue weighted by atomic mass is 35.5. The zero-order chi connectivity index (χ0) is 18.2. The van der Waals surface area contributed by atoms with Gasteiger partial charge in [-0.1, -0.05) is 25.0 Å². The standard InChI is InChI=1S/C18H24F2N4O.2ClH/c1-11(22-16(25)12-7-5-6-10-18(12,2)21)15-23-13-8-3-4-9-14(13)24(15)17(19)20;;/h3-4,8-9,11-12,17H,5-7,10,21H2,1-2H3,(H,22,25);2*1H. The number of fused-ring (bicyclic) bond motifs is 1. The van der Waals surface area contributed by atoms with E-state index in [0.29, 0.717) is 11.0 Å². The Morgan fingerprint density at radius 2 is 2.00 bits per heavy atom. The first kappa shape index (κ1) is 23.6. The zero-order valence-corrected chi connectivity index (χ0v) is 17.0. The molecule has 1 aliphatic rings. The predicted octanol–water partition coefficient (Wildman–Crippen LogP) is 4.36. The summed E-state index contributed by atoms with van der Waals surface area (Å²) >= 11 is 0. The normalized spacial score (nSPS) is 23.4. The molecule has 9 heteroatoms. The molecule has 0 bridgehead atoms. The molecule has 0 aliphatic heterocycles. The molecular formula is C18H26Cl2F2N4O. The monoisotopic (exact) mass is 422 g/mol. The average molecular weight is 423 g/mol. The Labute approximate surface area is 169 Å². The first-order chi connectivity index (χ1) is 11.8. The number of alkyl halides is 2. The largest absolute Gasteiger partial charge is 0.346 e. The lowest BCUT2D eigenvalue weighted by atomic mass is 9.74. The minimum atomic E-state index is -2.73. The number of imidazole rings is 1. The van der Waals surface area contributed by atoms with Crippen molar-refractivity contribution in [3.63, 3.8) is 0 Å². The number of halogens is 4. The van der Waals surface area contributed by atoms with Gasteiger partial charge < -0.3 is 11.1 Å². The summed E-state index contributed by atoms with van der Waals surface area (Å²) in [6.07, 6.45) is 3.47. The van der Waals surface area contributed by atoms with Gasteiger partial charge in [-0.05, 0) is 38.8 Å². The molecule has 1 aliphatic carbocycles. The first-order valence-corrected chi connectivity index (χ1v) is 8.65. The van der Waals surface area contributed by atoms with Crippen LogP contribution in [0.25, 0.3) is 11.0 Å². The van der Waals surface area contributed by atoms with Crippen molar-refractivity contribution in [2.75, 3.05) is 0 Å². The van der Waals surface area contributed by atoms with Crippen LogP contribution in [0.3, 0.4) is 0 Å². The van der Waals surface area contributed by atoms with Crippen LogP contribution in [-0.2, 0) is 4.79 Å². The molecule has 3 rings (SSSR count). The van der Waals surface area contributed by atoms with E-state index in [1.165, 1.54) is 0 Å². The summed E-state index contributed by atoms with van der Waals surface area (Å²) in [7, 11) is 0. The van der Waals surface area contributed by atoms with Gasteiger partial charge in [0.15, 0.2) is 0 Å². The van der Waals surface area contributed by atoms with Crippen molar-refractivity contribution in [2.24, 2.45) is 11.7 Å². The number of benzene rings is 1. The van der Waals surface area contributed by atoms with Crippen LogP contribution in [-0.4, -0.2) is 21.0 Å². The van der Waals surface area contributed by atoms with E-state index in [2.05, 4.69) is 10.3 Å². The maximum absolute atomic E-state index is 13.6. The van der Waals surface area contributed by atoms with Gasteiger partial charge >= 0.3 is 6.55 Å². The number of hydrogen-bond donors (Lipinski definition) is 2. The molecular weight excluding hydrogens is 397 g/mol. The van der Waals surface area contributed by atoms with Gasteiger partial charge in [0.1, 0.15) is 5.82 Å². The highest BCUT2D eigenvalue weighted by Crippen LogP contribution is 2.33. The summed E-state index contributed by atoms with van der Waals surface area (Å²) in [4.78, 5) is 17.0. The minimum Gasteiger partial charge on any atom is -0.346 e. The lowest BCUT2D eigenvalue weighted by Crippen LogP contribution is -2.53. The van der Waals surface area contributed by atoms with E-state index in [4.69, 9.17) is 5.73 Å². The van der Waals surface area contributed by atoms with Crippen LogP contribution in [0.4, 0.5) is 8.78 Å². The molecule has 3 unspecified atom stereocenters. The lowest BCUT2D eigenvalue weighted by molar-refractivity contribution is -0.128. The third-order valence-electron chi connectivity index (χ3n) is 5.14. The van der Waals surface area contributed by atoms with Gasteiger partial charge in [0.05, 0.1) is 23.0 Å². The Balaban J connectivity index is 0.00000182. The quantitative estimate of drug-likeness (QED) is 0.768. The number of rotatable bonds is 4. The molecule has 1 heterocycles. The number of nitrogens with zero attached hydrogens (tertiary/aromatic N) is 2. The van der Waals surface area contributed by atoms with Crippen molar-refractivity contribution in [1.29, 1.82) is 0 Å². The van der Waals surface area contributed by atoms with Crippen LogP contribution >= 0.6 is 24.8 Å². The van der Waals surface area contributed by atoms with Gasteiger partial charge in [-0.25, -0.2) is 4.98 Å². The number of carbonyl (C=O) groups is 1. The fourth-order valence-corrected chi connectivity index (χ4v) is 3.74. The molecule has 1 aromatic carbocycles. The Bertz CT molecular complexity index is 782. The van der Waals surface area contributed by atoms with Crippen molar-refractivity contribution < 1.29 is 13.6 Å². The molecule has 152 valence electrons. The first-order valence-electron chi connectivity index (χ1n) is 8.65. The van der Waals surface area contributed by atoms with Crippen LogP contribution in [0.2, 0.25) is 0 Å². The van der Waals surface area contributed by atoms with Crippen LogP contribution in [0.5, 0.6) is 0 Å². The smallest absolute Gasteiger partial charge is 0.320 e. The molecule has 0 radical (unpaired) electrons. The van der Waals surface area contributed by atoms with Crippen LogP contribution < -0.4 is 11.1 Å². The highest BCUT2D eigenvalue weighted by Gasteiger charge is 2.38. The Kier molecular flexibility index (Phi) is 8.01. The molecule has 1 fully saturated rings. The summed E-state index contributed by atoms with van der Waals surface area (Å²) < 4.78 is 28.0. The molecule has 2 aromatic rings. The molecule has 5 nitrogen and oxygen atoms in total. The van der Waals surface area contributed by atoms with E-state index in [1.54, 1.807) is 31.2 Å². The second-order valence-corrected chi connectivity index (χ2v) is 7.14. The van der Waals surface area contributed by atoms with Crippen molar-refractivity contribution in [1.82, 2.24) is 14.9 Å². The van der Waals surface area contributed by atoms with E-state index < -0.39 is 18.1 Å². The van der Waals surface area contributed by atoms with E-state index in [-0.39, 0.29) is 42.5 Å². The topological polar surface area (TPSA) is 72.9 Å². The fourth-order valence-electron chi connectivity index (χ4n) is 3.74. The molecule has 3 N–H and O–H groups in total. The highest BCUT2D eigenvalue weighted by molar-refractivity contribution is 5.85. The Morgan fingerprint density at radius 3 is 2.63 bits per heavy atom. The van der Waals surface area contributed by atoms with Crippen molar-refractivity contribution in [3.05, 3.63) is 30.1 Å². The van der Waals surface area contributed by atoms with E-state index in [0.717, 1.165) is 30.3 Å². The number of nitrogens with two attached hydrogens (primary N) is 1. The number of aromatic nitrogens is 2. The van der Waals surface area contributed by atoms with Gasteiger partial charge in [-0.2, -0.15) is 8.78 Å². The molecule has 1 aromatic heterocycles. The maximum Gasteiger partial charge on any atom is 0.320 e. The number of carbonyl (C=O) groups excluding carboxylic acids is 1. The Hall–Kier alpha value is -1.44. The van der Waals surface area contributed by atoms with Crippen LogP contribution in [0.1, 0.15) is 57.9 Å². The summed E-state index contributed by atoms with van der Waals surface area (Å²) in [5.74, 6) is -0.350. The molecule has 0 saturated heterocycles. The summed E-state index contributed by atoms with van der Waals surface area (Å²) in [5.41, 5.74) is 6.55. The third kappa shape index (κ3) is 4.70. The van der Waals surface area contributed by atoms with Gasteiger partial charge in [0, 0.05) is 5.54 Å². The SMILES string of the molecule is CC(NC(=O)C1CCCCC1(C)N)c1nc2ccccc2n1C(F)F.Cl.Cl. The van der Waals surface area contributed by atoms with Crippen molar-refractivity contribution in [3.8, 4) is 0 Å². The number of nitrogens with one attached hydrogen (secondary N) is 1. The molecule has 1 saturated carbocycles. The molecule has 1 amide bonds. The second kappa shape index (κ2) is 9.17. The Morgan fingerprint density at radius 1 is 1.33 bits per heavy atom. The molecule has 0 spiro atoms. The zero-order valence-electron chi connectivity index (χ0n) is 15.3. The van der Waals surface area contributed by atoms with Gasteiger partial charge in [-0.15, -0.1) is 24.8 Å². The average Bonchev–Trinajstić information content (AvgIpc) is 2.94. The van der Waals surface area contributed by atoms with Crippen molar-refractivity contribution in [2.45, 2.75) is 57.7 Å². The van der Waals surface area contributed by atoms with E-state index >= 15 is 0 Å². The van der Waals surface area contributed by atoms with Crippen LogP contribution in [0, 0.1) is 5.92 Å². The number of para-hydroxylation sites is 2. The van der Waals surface area contributed by atoms with Gasteiger partial charge in [0.2, 0.25) is 5.91 Å². The van der Waals surface area contributed by atoms with Gasteiger partial charge in [0.25, 0.3) is 0 Å². The van der Waals surface area contributed by atoms with Gasteiger partial charge in [-0.3, -0.25) is 9.36 Å². The molecule has 3 atom stereocenters. The number of amides is 1. The third-order valence-corrected chi connectivity index (χ3v) is 5.14. The second-order valence-electron chi connectivity index (χ2n) is 7.14. The summed E-state index contributed by atoms with van der Waals surface area (Å²) in [6, 6.07) is 6.10.